The second-order valence-corrected chi connectivity index (χ2v) is 4.32. The lowest BCUT2D eigenvalue weighted by molar-refractivity contribution is -0.0511. The van der Waals surface area contributed by atoms with Gasteiger partial charge in [-0.3, -0.25) is 14.3 Å². The lowest BCUT2D eigenvalue weighted by Gasteiger charge is -2.19. The van der Waals surface area contributed by atoms with Crippen molar-refractivity contribution in [1.29, 1.82) is 0 Å². The van der Waals surface area contributed by atoms with Crippen LogP contribution in [0.5, 0.6) is 0 Å². The molecule has 1 aliphatic rings. The summed E-state index contributed by atoms with van der Waals surface area (Å²) in [7, 11) is 1.42. The van der Waals surface area contributed by atoms with E-state index < -0.39 is 35.8 Å². The number of hydrogen-bond donors (Lipinski definition) is 3. The second kappa shape index (κ2) is 5.27. The molecule has 1 aromatic rings. The van der Waals surface area contributed by atoms with E-state index in [1.165, 1.54) is 23.9 Å². The number of ether oxygens (including phenoxy) is 2. The zero-order valence-corrected chi connectivity index (χ0v) is 10.5. The number of aliphatic hydroxyl groups excluding tert-OH is 1. The summed E-state index contributed by atoms with van der Waals surface area (Å²) in [5.41, 5.74) is -1.10. The van der Waals surface area contributed by atoms with Crippen LogP contribution >= 0.6 is 12.6 Å². The standard InChI is InChI=1S/C10H14N2O5S/c1-16-8-7(14)5(4-18)17-9(8)12-3-2-6(13)11-10(12)15/h2-3,5,7-9,14,18H,4H2,1H3,(H,11,13,15)/t5-,7-,8-,9-/m1/s1. The Morgan fingerprint density at radius 2 is 2.33 bits per heavy atom. The molecule has 100 valence electrons. The minimum Gasteiger partial charge on any atom is -0.387 e. The Hall–Kier alpha value is -1.09. The van der Waals surface area contributed by atoms with Crippen molar-refractivity contribution in [1.82, 2.24) is 9.55 Å². The third kappa shape index (κ3) is 2.24. The molecule has 2 heterocycles. The summed E-state index contributed by atoms with van der Waals surface area (Å²) in [6.07, 6.45) is -1.57. The minimum atomic E-state index is -0.878. The number of nitrogens with one attached hydrogen (secondary N) is 1. The second-order valence-electron chi connectivity index (χ2n) is 3.96. The molecule has 0 aliphatic carbocycles. The Morgan fingerprint density at radius 1 is 1.61 bits per heavy atom. The summed E-state index contributed by atoms with van der Waals surface area (Å²) in [6.45, 7) is 0. The van der Waals surface area contributed by atoms with E-state index in [2.05, 4.69) is 17.6 Å². The van der Waals surface area contributed by atoms with Gasteiger partial charge in [0, 0.05) is 25.1 Å². The lowest BCUT2D eigenvalue weighted by atomic mass is 10.1. The maximum atomic E-state index is 11.7. The lowest BCUT2D eigenvalue weighted by Crippen LogP contribution is -2.38. The predicted molar refractivity (Wildman–Crippen MR) is 65.9 cm³/mol. The number of nitrogens with zero attached hydrogens (tertiary/aromatic N) is 1. The summed E-state index contributed by atoms with van der Waals surface area (Å²) in [5.74, 6) is 0.301. The van der Waals surface area contributed by atoms with Crippen LogP contribution < -0.4 is 11.2 Å². The Bertz CT molecular complexity index is 527. The van der Waals surface area contributed by atoms with Crippen molar-refractivity contribution in [3.05, 3.63) is 33.1 Å². The number of aromatic nitrogens is 2. The molecule has 0 radical (unpaired) electrons. The van der Waals surface area contributed by atoms with E-state index in [-0.39, 0.29) is 0 Å². The van der Waals surface area contributed by atoms with Crippen LogP contribution in [0.4, 0.5) is 0 Å². The molecule has 0 aromatic carbocycles. The molecule has 0 saturated carbocycles. The van der Waals surface area contributed by atoms with E-state index in [1.54, 1.807) is 0 Å². The molecule has 18 heavy (non-hydrogen) atoms. The van der Waals surface area contributed by atoms with Crippen LogP contribution in [0.1, 0.15) is 6.23 Å². The Labute approximate surface area is 108 Å². The summed E-state index contributed by atoms with van der Waals surface area (Å²) < 4.78 is 11.9. The van der Waals surface area contributed by atoms with Gasteiger partial charge in [0.25, 0.3) is 5.56 Å². The Balaban J connectivity index is 2.38. The van der Waals surface area contributed by atoms with E-state index in [0.29, 0.717) is 5.75 Å². The van der Waals surface area contributed by atoms with Crippen molar-refractivity contribution in [2.45, 2.75) is 24.5 Å². The number of aliphatic hydroxyl groups is 1. The molecule has 1 saturated heterocycles. The van der Waals surface area contributed by atoms with Crippen molar-refractivity contribution >= 4 is 12.6 Å². The zero-order chi connectivity index (χ0) is 13.3. The molecule has 8 heteroatoms. The molecule has 4 atom stereocenters. The maximum Gasteiger partial charge on any atom is 0.330 e. The van der Waals surface area contributed by atoms with E-state index in [1.807, 2.05) is 0 Å². The Kier molecular flexibility index (Phi) is 3.91. The summed E-state index contributed by atoms with van der Waals surface area (Å²) in [6, 6.07) is 1.21. The van der Waals surface area contributed by atoms with Gasteiger partial charge in [0.2, 0.25) is 0 Å². The van der Waals surface area contributed by atoms with Gasteiger partial charge in [0.15, 0.2) is 6.23 Å². The van der Waals surface area contributed by atoms with Gasteiger partial charge in [-0.1, -0.05) is 0 Å². The SMILES string of the molecule is CO[C@@H]1[C@H](O)[C@@H](CS)O[C@H]1n1ccc(=O)[nH]c1=O. The first kappa shape index (κ1) is 13.3. The number of methoxy groups -OCH3 is 1. The van der Waals surface area contributed by atoms with Crippen molar-refractivity contribution in [2.75, 3.05) is 12.9 Å². The molecule has 1 fully saturated rings. The molecule has 1 aliphatic heterocycles. The highest BCUT2D eigenvalue weighted by Crippen LogP contribution is 2.30. The molecular formula is C10H14N2O5S. The molecule has 0 unspecified atom stereocenters. The van der Waals surface area contributed by atoms with Gasteiger partial charge >= 0.3 is 5.69 Å². The normalized spacial score (nSPS) is 31.7. The largest absolute Gasteiger partial charge is 0.387 e. The van der Waals surface area contributed by atoms with Crippen LogP contribution in [0, 0.1) is 0 Å². The van der Waals surface area contributed by atoms with E-state index in [4.69, 9.17) is 9.47 Å². The fraction of sp³-hybridized carbons (Fsp3) is 0.600. The van der Waals surface area contributed by atoms with E-state index in [0.717, 1.165) is 0 Å². The van der Waals surface area contributed by atoms with Gasteiger partial charge in [-0.15, -0.1) is 0 Å². The third-order valence-electron chi connectivity index (χ3n) is 2.89. The van der Waals surface area contributed by atoms with Crippen LogP contribution in [-0.2, 0) is 9.47 Å². The quantitative estimate of drug-likeness (QED) is 0.598. The topological polar surface area (TPSA) is 93.5 Å². The van der Waals surface area contributed by atoms with Crippen LogP contribution in [-0.4, -0.2) is 45.8 Å². The van der Waals surface area contributed by atoms with Crippen molar-refractivity contribution in [3.63, 3.8) is 0 Å². The van der Waals surface area contributed by atoms with E-state index >= 15 is 0 Å². The monoisotopic (exact) mass is 274 g/mol. The van der Waals surface area contributed by atoms with Crippen molar-refractivity contribution < 1.29 is 14.6 Å². The van der Waals surface area contributed by atoms with Crippen molar-refractivity contribution in [2.24, 2.45) is 0 Å². The number of H-pyrrole nitrogens is 1. The highest BCUT2D eigenvalue weighted by atomic mass is 32.1. The smallest absolute Gasteiger partial charge is 0.330 e. The van der Waals surface area contributed by atoms with Gasteiger partial charge in [-0.2, -0.15) is 12.6 Å². The molecule has 0 bridgehead atoms. The fourth-order valence-electron chi connectivity index (χ4n) is 1.98. The maximum absolute atomic E-state index is 11.7. The van der Waals surface area contributed by atoms with Crippen LogP contribution in [0.2, 0.25) is 0 Å². The fourth-order valence-corrected chi connectivity index (χ4v) is 2.28. The molecule has 0 spiro atoms. The van der Waals surface area contributed by atoms with Crippen molar-refractivity contribution in [3.8, 4) is 0 Å². The zero-order valence-electron chi connectivity index (χ0n) is 9.65. The van der Waals surface area contributed by atoms with Gasteiger partial charge in [-0.05, 0) is 0 Å². The molecule has 7 nitrogen and oxygen atoms in total. The van der Waals surface area contributed by atoms with Crippen LogP contribution in [0.25, 0.3) is 0 Å². The molecule has 2 rings (SSSR count). The number of thiol groups is 1. The first-order valence-electron chi connectivity index (χ1n) is 5.37. The number of hydrogen-bond acceptors (Lipinski definition) is 6. The molecular weight excluding hydrogens is 260 g/mol. The van der Waals surface area contributed by atoms with Gasteiger partial charge in [-0.25, -0.2) is 4.79 Å². The first-order chi connectivity index (χ1) is 8.58. The van der Waals surface area contributed by atoms with Gasteiger partial charge in [0.05, 0.1) is 6.10 Å². The summed E-state index contributed by atoms with van der Waals surface area (Å²) in [5, 5.41) is 9.94. The Morgan fingerprint density at radius 3 is 2.89 bits per heavy atom. The van der Waals surface area contributed by atoms with E-state index in [9.17, 15) is 14.7 Å². The van der Waals surface area contributed by atoms with Crippen LogP contribution in [0.3, 0.4) is 0 Å². The predicted octanol–water partition coefficient (Wildman–Crippen LogP) is -1.26. The highest BCUT2D eigenvalue weighted by Gasteiger charge is 2.44. The highest BCUT2D eigenvalue weighted by molar-refractivity contribution is 7.80. The summed E-state index contributed by atoms with van der Waals surface area (Å²) >= 11 is 4.06. The van der Waals surface area contributed by atoms with Gasteiger partial charge < -0.3 is 14.6 Å². The average Bonchev–Trinajstić information content (AvgIpc) is 2.65. The van der Waals surface area contributed by atoms with Crippen LogP contribution in [0.15, 0.2) is 21.9 Å². The number of rotatable bonds is 3. The summed E-state index contributed by atoms with van der Waals surface area (Å²) in [4.78, 5) is 24.8. The average molecular weight is 274 g/mol. The molecule has 1 aromatic heterocycles. The molecule has 2 N–H and O–H groups in total. The molecule has 0 amide bonds. The minimum absolute atomic E-state index is 0.301. The number of aromatic amines is 1. The first-order valence-corrected chi connectivity index (χ1v) is 6.00. The van der Waals surface area contributed by atoms with Gasteiger partial charge in [0.1, 0.15) is 12.2 Å². The third-order valence-corrected chi connectivity index (χ3v) is 3.25.